The number of anilines is 1. The minimum atomic E-state index is 0.479. The second-order valence-electron chi connectivity index (χ2n) is 3.37. The largest absolute Gasteiger partial charge is 0.494 e. The number of nitrogens with zero attached hydrogens (tertiary/aromatic N) is 2. The third kappa shape index (κ3) is 2.30. The fraction of sp³-hybridized carbons (Fsp3) is 0.273. The molecule has 2 rings (SSSR count). The molecule has 2 aromatic rings. The van der Waals surface area contributed by atoms with E-state index in [2.05, 4.69) is 15.7 Å². The van der Waals surface area contributed by atoms with Crippen LogP contribution >= 0.6 is 11.7 Å². The van der Waals surface area contributed by atoms with Gasteiger partial charge in [-0.3, -0.25) is 0 Å². The number of hydrogen-bond acceptors (Lipinski definition) is 5. The monoisotopic (exact) mass is 235 g/mol. The van der Waals surface area contributed by atoms with Crippen molar-refractivity contribution >= 4 is 17.5 Å². The molecule has 0 fully saturated rings. The first-order valence-corrected chi connectivity index (χ1v) is 5.85. The van der Waals surface area contributed by atoms with Crippen molar-refractivity contribution in [3.05, 3.63) is 24.3 Å². The Morgan fingerprint density at radius 1 is 1.25 bits per heavy atom. The maximum absolute atomic E-state index is 5.70. The fourth-order valence-electron chi connectivity index (χ4n) is 1.32. The number of rotatable bonds is 4. The highest BCUT2D eigenvalue weighted by atomic mass is 32.1. The van der Waals surface area contributed by atoms with Crippen molar-refractivity contribution in [2.45, 2.75) is 13.3 Å². The SMILES string of the molecule is CCCOc1ccc(-c2nsnc2N)cc1. The van der Waals surface area contributed by atoms with Crippen LogP contribution in [0.25, 0.3) is 11.3 Å². The van der Waals surface area contributed by atoms with Gasteiger partial charge in [0.1, 0.15) is 11.4 Å². The van der Waals surface area contributed by atoms with Crippen molar-refractivity contribution in [1.29, 1.82) is 0 Å². The van der Waals surface area contributed by atoms with Gasteiger partial charge in [0.05, 0.1) is 18.3 Å². The molecule has 4 nitrogen and oxygen atoms in total. The lowest BCUT2D eigenvalue weighted by molar-refractivity contribution is 0.317. The number of hydrogen-bond donors (Lipinski definition) is 1. The van der Waals surface area contributed by atoms with Gasteiger partial charge in [0.2, 0.25) is 0 Å². The molecular formula is C11H13N3OS. The second-order valence-corrected chi connectivity index (χ2v) is 3.90. The van der Waals surface area contributed by atoms with Gasteiger partial charge in [-0.15, -0.1) is 0 Å². The van der Waals surface area contributed by atoms with E-state index in [9.17, 15) is 0 Å². The molecule has 0 aliphatic rings. The van der Waals surface area contributed by atoms with Gasteiger partial charge < -0.3 is 10.5 Å². The Morgan fingerprint density at radius 3 is 2.56 bits per heavy atom. The van der Waals surface area contributed by atoms with Crippen LogP contribution in [-0.2, 0) is 0 Å². The molecule has 0 saturated carbocycles. The molecule has 0 amide bonds. The first-order chi connectivity index (χ1) is 7.81. The van der Waals surface area contributed by atoms with E-state index in [4.69, 9.17) is 10.5 Å². The molecule has 0 spiro atoms. The van der Waals surface area contributed by atoms with E-state index in [0.717, 1.165) is 41.8 Å². The van der Waals surface area contributed by atoms with Gasteiger partial charge in [-0.05, 0) is 30.7 Å². The molecule has 1 aromatic carbocycles. The Kier molecular flexibility index (Phi) is 3.36. The molecule has 84 valence electrons. The molecule has 5 heteroatoms. The van der Waals surface area contributed by atoms with Crippen molar-refractivity contribution in [1.82, 2.24) is 8.75 Å². The molecule has 0 unspecified atom stereocenters. The molecule has 2 N–H and O–H groups in total. The van der Waals surface area contributed by atoms with Crippen molar-refractivity contribution in [2.24, 2.45) is 0 Å². The Bertz CT molecular complexity index is 453. The van der Waals surface area contributed by atoms with Gasteiger partial charge in [-0.25, -0.2) is 0 Å². The van der Waals surface area contributed by atoms with E-state index in [1.54, 1.807) is 0 Å². The summed E-state index contributed by atoms with van der Waals surface area (Å²) in [5.74, 6) is 1.35. The van der Waals surface area contributed by atoms with E-state index in [1.165, 1.54) is 0 Å². The van der Waals surface area contributed by atoms with Crippen LogP contribution in [0, 0.1) is 0 Å². The summed E-state index contributed by atoms with van der Waals surface area (Å²) >= 11 is 1.12. The zero-order chi connectivity index (χ0) is 11.4. The van der Waals surface area contributed by atoms with Crippen LogP contribution in [0.1, 0.15) is 13.3 Å². The van der Waals surface area contributed by atoms with Crippen LogP contribution in [0.5, 0.6) is 5.75 Å². The van der Waals surface area contributed by atoms with Crippen LogP contribution < -0.4 is 10.5 Å². The normalized spacial score (nSPS) is 10.3. The Morgan fingerprint density at radius 2 is 2.00 bits per heavy atom. The van der Waals surface area contributed by atoms with E-state index in [1.807, 2.05) is 24.3 Å². The highest BCUT2D eigenvalue weighted by molar-refractivity contribution is 6.99. The fourth-order valence-corrected chi connectivity index (χ4v) is 1.82. The standard InChI is InChI=1S/C11H13N3OS/c1-2-7-15-9-5-3-8(4-6-9)10-11(12)14-16-13-10/h3-6H,2,7H2,1H3,(H2,12,14). The van der Waals surface area contributed by atoms with Crippen LogP contribution in [0.3, 0.4) is 0 Å². The maximum Gasteiger partial charge on any atom is 0.165 e. The van der Waals surface area contributed by atoms with Crippen molar-refractivity contribution in [2.75, 3.05) is 12.3 Å². The molecular weight excluding hydrogens is 222 g/mol. The minimum absolute atomic E-state index is 0.479. The lowest BCUT2D eigenvalue weighted by atomic mass is 10.1. The van der Waals surface area contributed by atoms with Gasteiger partial charge in [0.25, 0.3) is 0 Å². The lowest BCUT2D eigenvalue weighted by Gasteiger charge is -2.04. The highest BCUT2D eigenvalue weighted by Crippen LogP contribution is 2.25. The highest BCUT2D eigenvalue weighted by Gasteiger charge is 2.06. The minimum Gasteiger partial charge on any atom is -0.494 e. The first kappa shape index (κ1) is 10.9. The Hall–Kier alpha value is -1.62. The quantitative estimate of drug-likeness (QED) is 0.884. The number of benzene rings is 1. The summed E-state index contributed by atoms with van der Waals surface area (Å²) in [6.45, 7) is 2.82. The first-order valence-electron chi connectivity index (χ1n) is 5.12. The van der Waals surface area contributed by atoms with Crippen molar-refractivity contribution in [3.8, 4) is 17.0 Å². The van der Waals surface area contributed by atoms with Crippen LogP contribution in [0.15, 0.2) is 24.3 Å². The average Bonchev–Trinajstić information content (AvgIpc) is 2.74. The van der Waals surface area contributed by atoms with Gasteiger partial charge in [0.15, 0.2) is 5.82 Å². The number of aromatic nitrogens is 2. The lowest BCUT2D eigenvalue weighted by Crippen LogP contribution is -1.94. The second kappa shape index (κ2) is 4.94. The van der Waals surface area contributed by atoms with Crippen LogP contribution in [-0.4, -0.2) is 15.4 Å². The van der Waals surface area contributed by atoms with E-state index < -0.39 is 0 Å². The summed E-state index contributed by atoms with van der Waals surface area (Å²) in [7, 11) is 0. The van der Waals surface area contributed by atoms with Crippen LogP contribution in [0.4, 0.5) is 5.82 Å². The van der Waals surface area contributed by atoms with Crippen LogP contribution in [0.2, 0.25) is 0 Å². The van der Waals surface area contributed by atoms with Gasteiger partial charge >= 0.3 is 0 Å². The number of nitrogens with two attached hydrogens (primary N) is 1. The predicted octanol–water partition coefficient (Wildman–Crippen LogP) is 2.58. The van der Waals surface area contributed by atoms with Crippen molar-refractivity contribution < 1.29 is 4.74 Å². The summed E-state index contributed by atoms with van der Waals surface area (Å²) in [5, 5.41) is 0. The zero-order valence-electron chi connectivity index (χ0n) is 9.01. The zero-order valence-corrected chi connectivity index (χ0v) is 9.83. The molecule has 16 heavy (non-hydrogen) atoms. The Balaban J connectivity index is 2.16. The topological polar surface area (TPSA) is 61.0 Å². The number of ether oxygens (including phenoxy) is 1. The average molecular weight is 235 g/mol. The van der Waals surface area contributed by atoms with E-state index >= 15 is 0 Å². The number of nitrogen functional groups attached to an aromatic ring is 1. The molecule has 0 aliphatic heterocycles. The molecule has 0 saturated heterocycles. The molecule has 0 atom stereocenters. The van der Waals surface area contributed by atoms with Gasteiger partial charge in [0, 0.05) is 5.56 Å². The summed E-state index contributed by atoms with van der Waals surface area (Å²) in [4.78, 5) is 0. The van der Waals surface area contributed by atoms with Crippen molar-refractivity contribution in [3.63, 3.8) is 0 Å². The maximum atomic E-state index is 5.70. The smallest absolute Gasteiger partial charge is 0.165 e. The molecule has 0 aliphatic carbocycles. The molecule has 1 aromatic heterocycles. The van der Waals surface area contributed by atoms with E-state index in [0.29, 0.717) is 5.82 Å². The molecule has 1 heterocycles. The summed E-state index contributed by atoms with van der Waals surface area (Å²) < 4.78 is 13.6. The molecule has 0 radical (unpaired) electrons. The summed E-state index contributed by atoms with van der Waals surface area (Å²) in [6, 6.07) is 7.73. The summed E-state index contributed by atoms with van der Waals surface area (Å²) in [6.07, 6.45) is 1.00. The third-order valence-electron chi connectivity index (χ3n) is 2.11. The van der Waals surface area contributed by atoms with E-state index in [-0.39, 0.29) is 0 Å². The third-order valence-corrected chi connectivity index (χ3v) is 2.66. The molecule has 0 bridgehead atoms. The van der Waals surface area contributed by atoms with Gasteiger partial charge in [-0.2, -0.15) is 8.75 Å². The van der Waals surface area contributed by atoms with Gasteiger partial charge in [-0.1, -0.05) is 6.92 Å². The Labute approximate surface area is 98.4 Å². The predicted molar refractivity (Wildman–Crippen MR) is 65.5 cm³/mol. The summed E-state index contributed by atoms with van der Waals surface area (Å²) in [5.41, 5.74) is 7.41.